The van der Waals surface area contributed by atoms with E-state index in [1.807, 2.05) is 29.9 Å². The molecule has 2 aromatic rings. The largest absolute Gasteiger partial charge is 0.464 e. The van der Waals surface area contributed by atoms with E-state index >= 15 is 0 Å². The maximum atomic E-state index is 11.1. The van der Waals surface area contributed by atoms with E-state index in [-0.39, 0.29) is 5.69 Å². The number of hydrogen-bond donors (Lipinski definition) is 0. The fraction of sp³-hybridized carbons (Fsp3) is 0.200. The maximum Gasteiger partial charge on any atom is 0.360 e. The lowest BCUT2D eigenvalue weighted by molar-refractivity contribution is 0.0589. The first-order valence-corrected chi connectivity index (χ1v) is 4.39. The first-order valence-electron chi connectivity index (χ1n) is 4.39. The normalized spacial score (nSPS) is 10.3. The average molecular weight is 206 g/mol. The van der Waals surface area contributed by atoms with Crippen molar-refractivity contribution in [3.05, 3.63) is 30.1 Å². The van der Waals surface area contributed by atoms with Crippen molar-refractivity contribution in [1.82, 2.24) is 9.72 Å². The molecule has 0 atom stereocenters. The van der Waals surface area contributed by atoms with E-state index < -0.39 is 5.97 Å². The molecule has 2 rings (SSSR count). The van der Waals surface area contributed by atoms with E-state index in [0.717, 1.165) is 5.69 Å². The van der Waals surface area contributed by atoms with E-state index in [9.17, 15) is 4.79 Å². The summed E-state index contributed by atoms with van der Waals surface area (Å²) >= 11 is 0. The van der Waals surface area contributed by atoms with Crippen molar-refractivity contribution < 1.29 is 14.1 Å². The second kappa shape index (κ2) is 3.61. The van der Waals surface area contributed by atoms with Gasteiger partial charge < -0.3 is 13.8 Å². The van der Waals surface area contributed by atoms with Gasteiger partial charge in [0.25, 0.3) is 0 Å². The zero-order chi connectivity index (χ0) is 10.8. The number of aromatic nitrogens is 2. The molecule has 2 heterocycles. The van der Waals surface area contributed by atoms with Gasteiger partial charge in [-0.05, 0) is 12.1 Å². The summed E-state index contributed by atoms with van der Waals surface area (Å²) in [5, 5.41) is 3.62. The third kappa shape index (κ3) is 1.63. The van der Waals surface area contributed by atoms with Gasteiger partial charge in [0.2, 0.25) is 0 Å². The van der Waals surface area contributed by atoms with Gasteiger partial charge in [-0.25, -0.2) is 4.79 Å². The monoisotopic (exact) mass is 206 g/mol. The summed E-state index contributed by atoms with van der Waals surface area (Å²) in [6, 6.07) is 5.32. The molecule has 0 N–H and O–H groups in total. The minimum Gasteiger partial charge on any atom is -0.464 e. The molecular weight excluding hydrogens is 196 g/mol. The summed E-state index contributed by atoms with van der Waals surface area (Å²) in [5.74, 6) is 0.0436. The Hall–Kier alpha value is -2.04. The van der Waals surface area contributed by atoms with Crippen molar-refractivity contribution in [1.29, 1.82) is 0 Å². The van der Waals surface area contributed by atoms with Crippen LogP contribution < -0.4 is 0 Å². The van der Waals surface area contributed by atoms with Crippen molar-refractivity contribution in [3.63, 3.8) is 0 Å². The lowest BCUT2D eigenvalue weighted by atomic mass is 10.3. The van der Waals surface area contributed by atoms with Gasteiger partial charge in [-0.2, -0.15) is 0 Å². The van der Waals surface area contributed by atoms with Crippen molar-refractivity contribution in [3.8, 4) is 11.5 Å². The number of aryl methyl sites for hydroxylation is 1. The number of rotatable bonds is 2. The molecule has 0 radical (unpaired) electrons. The Morgan fingerprint density at radius 1 is 1.60 bits per heavy atom. The van der Waals surface area contributed by atoms with Gasteiger partial charge in [-0.1, -0.05) is 5.16 Å². The molecule has 5 nitrogen and oxygen atoms in total. The van der Waals surface area contributed by atoms with Crippen LogP contribution in [0.2, 0.25) is 0 Å². The minimum atomic E-state index is -0.501. The molecule has 0 unspecified atom stereocenters. The Kier molecular flexibility index (Phi) is 2.29. The molecule has 78 valence electrons. The van der Waals surface area contributed by atoms with Crippen LogP contribution in [0.4, 0.5) is 0 Å². The van der Waals surface area contributed by atoms with E-state index in [2.05, 4.69) is 9.89 Å². The van der Waals surface area contributed by atoms with E-state index in [0.29, 0.717) is 5.76 Å². The van der Waals surface area contributed by atoms with Crippen LogP contribution in [0.3, 0.4) is 0 Å². The zero-order valence-corrected chi connectivity index (χ0v) is 8.43. The standard InChI is InChI=1S/C10H10N2O3/c1-12-5-3-4-8(12)9-6-7(11-15-9)10(13)14-2/h3-6H,1-2H3. The highest BCUT2D eigenvalue weighted by Gasteiger charge is 2.14. The summed E-state index contributed by atoms with van der Waals surface area (Å²) in [7, 11) is 3.19. The van der Waals surface area contributed by atoms with Gasteiger partial charge >= 0.3 is 5.97 Å². The number of methoxy groups -OCH3 is 1. The van der Waals surface area contributed by atoms with Gasteiger partial charge in [0, 0.05) is 19.3 Å². The highest BCUT2D eigenvalue weighted by molar-refractivity contribution is 5.88. The van der Waals surface area contributed by atoms with Crippen LogP contribution in [-0.2, 0) is 11.8 Å². The molecule has 0 spiro atoms. The molecule has 0 aliphatic carbocycles. The molecule has 0 aliphatic rings. The summed E-state index contributed by atoms with van der Waals surface area (Å²) in [6.07, 6.45) is 1.88. The quantitative estimate of drug-likeness (QED) is 0.698. The highest BCUT2D eigenvalue weighted by atomic mass is 16.5. The smallest absolute Gasteiger partial charge is 0.360 e. The Bertz CT molecular complexity index is 484. The first-order chi connectivity index (χ1) is 7.22. The topological polar surface area (TPSA) is 57.3 Å². The molecule has 0 amide bonds. The molecule has 0 fully saturated rings. The minimum absolute atomic E-state index is 0.175. The lowest BCUT2D eigenvalue weighted by Crippen LogP contribution is -2.00. The van der Waals surface area contributed by atoms with Gasteiger partial charge in [-0.15, -0.1) is 0 Å². The number of hydrogen-bond acceptors (Lipinski definition) is 4. The average Bonchev–Trinajstić information content (AvgIpc) is 2.84. The van der Waals surface area contributed by atoms with Gasteiger partial charge in [0.15, 0.2) is 11.5 Å². The second-order valence-electron chi connectivity index (χ2n) is 3.07. The Balaban J connectivity index is 2.36. The van der Waals surface area contributed by atoms with E-state index in [4.69, 9.17) is 4.52 Å². The van der Waals surface area contributed by atoms with Crippen LogP contribution in [0.1, 0.15) is 10.5 Å². The van der Waals surface area contributed by atoms with Gasteiger partial charge in [0.05, 0.1) is 12.8 Å². The molecule has 2 aromatic heterocycles. The van der Waals surface area contributed by atoms with Gasteiger partial charge in [0.1, 0.15) is 0 Å². The Labute approximate surface area is 86.2 Å². The number of ether oxygens (including phenoxy) is 1. The first kappa shape index (κ1) is 9.51. The van der Waals surface area contributed by atoms with Crippen molar-refractivity contribution in [2.24, 2.45) is 7.05 Å². The Morgan fingerprint density at radius 3 is 3.00 bits per heavy atom. The second-order valence-corrected chi connectivity index (χ2v) is 3.07. The molecule has 5 heteroatoms. The predicted octanol–water partition coefficient (Wildman–Crippen LogP) is 1.47. The predicted molar refractivity (Wildman–Crippen MR) is 52.2 cm³/mol. The van der Waals surface area contributed by atoms with E-state index in [1.165, 1.54) is 7.11 Å². The van der Waals surface area contributed by atoms with Crippen LogP contribution in [0.15, 0.2) is 28.9 Å². The fourth-order valence-electron chi connectivity index (χ4n) is 1.31. The number of carbonyl (C=O) groups excluding carboxylic acids is 1. The summed E-state index contributed by atoms with van der Waals surface area (Å²) in [6.45, 7) is 0. The molecule has 0 bridgehead atoms. The fourth-order valence-corrected chi connectivity index (χ4v) is 1.31. The highest BCUT2D eigenvalue weighted by Crippen LogP contribution is 2.20. The molecule has 15 heavy (non-hydrogen) atoms. The van der Waals surface area contributed by atoms with Crippen LogP contribution >= 0.6 is 0 Å². The maximum absolute atomic E-state index is 11.1. The third-order valence-electron chi connectivity index (χ3n) is 2.10. The zero-order valence-electron chi connectivity index (χ0n) is 8.43. The van der Waals surface area contributed by atoms with Crippen molar-refractivity contribution in [2.45, 2.75) is 0 Å². The number of esters is 1. The lowest BCUT2D eigenvalue weighted by Gasteiger charge is -1.95. The van der Waals surface area contributed by atoms with Crippen LogP contribution in [0.5, 0.6) is 0 Å². The molecule has 0 saturated carbocycles. The summed E-state index contributed by atoms with van der Waals surface area (Å²) < 4.78 is 11.4. The van der Waals surface area contributed by atoms with Crippen molar-refractivity contribution >= 4 is 5.97 Å². The summed E-state index contributed by atoms with van der Waals surface area (Å²) in [5.41, 5.74) is 1.03. The van der Waals surface area contributed by atoms with Crippen LogP contribution in [0.25, 0.3) is 11.5 Å². The molecule has 0 aliphatic heterocycles. The molecule has 0 aromatic carbocycles. The van der Waals surface area contributed by atoms with Gasteiger partial charge in [-0.3, -0.25) is 0 Å². The SMILES string of the molecule is COC(=O)c1cc(-c2cccn2C)on1. The number of carbonyl (C=O) groups is 1. The molecular formula is C10H10N2O3. The molecule has 0 saturated heterocycles. The van der Waals surface area contributed by atoms with Crippen molar-refractivity contribution in [2.75, 3.05) is 7.11 Å². The van der Waals surface area contributed by atoms with Crippen LogP contribution in [-0.4, -0.2) is 22.8 Å². The van der Waals surface area contributed by atoms with E-state index in [1.54, 1.807) is 6.07 Å². The Morgan fingerprint density at radius 2 is 2.40 bits per heavy atom. The summed E-state index contributed by atoms with van der Waals surface area (Å²) in [4.78, 5) is 11.1. The third-order valence-corrected chi connectivity index (χ3v) is 2.10. The number of nitrogens with zero attached hydrogens (tertiary/aromatic N) is 2. The van der Waals surface area contributed by atoms with Crippen LogP contribution in [0, 0.1) is 0 Å².